The molecule has 0 aromatic carbocycles. The highest BCUT2D eigenvalue weighted by atomic mass is 16.3. The molecule has 1 unspecified atom stereocenters. The molecule has 0 saturated heterocycles. The second-order valence-corrected chi connectivity index (χ2v) is 7.13. The monoisotopic (exact) mass is 336 g/mol. The van der Waals surface area contributed by atoms with Crippen LogP contribution in [0.2, 0.25) is 0 Å². The number of rotatable bonds is 5. The quantitative estimate of drug-likeness (QED) is 0.723. The maximum atomic E-state index is 12.3. The van der Waals surface area contributed by atoms with Gasteiger partial charge >= 0.3 is 6.03 Å². The molecule has 1 heterocycles. The molecule has 1 aromatic rings. The van der Waals surface area contributed by atoms with E-state index in [4.69, 9.17) is 0 Å². The van der Waals surface area contributed by atoms with Crippen LogP contribution in [0.5, 0.6) is 0 Å². The summed E-state index contributed by atoms with van der Waals surface area (Å²) < 4.78 is 1.85. The third-order valence-corrected chi connectivity index (χ3v) is 5.24. The van der Waals surface area contributed by atoms with Crippen molar-refractivity contribution in [2.75, 3.05) is 6.54 Å². The predicted octanol–water partition coefficient (Wildman–Crippen LogP) is 2.87. The third kappa shape index (κ3) is 4.50. The number of aryl methyl sites for hydroxylation is 2. The number of nitrogens with one attached hydrogen (secondary N) is 2. The minimum atomic E-state index is -0.754. The van der Waals surface area contributed by atoms with Gasteiger partial charge in [0.05, 0.1) is 17.3 Å². The molecule has 2 amide bonds. The van der Waals surface area contributed by atoms with Gasteiger partial charge in [0.15, 0.2) is 0 Å². The fourth-order valence-corrected chi connectivity index (χ4v) is 3.69. The van der Waals surface area contributed by atoms with Gasteiger partial charge in [-0.15, -0.1) is 0 Å². The van der Waals surface area contributed by atoms with Gasteiger partial charge in [0.1, 0.15) is 0 Å². The van der Waals surface area contributed by atoms with Gasteiger partial charge in [0, 0.05) is 24.8 Å². The van der Waals surface area contributed by atoms with E-state index in [-0.39, 0.29) is 12.1 Å². The number of aliphatic hydroxyl groups is 1. The standard InChI is InChI=1S/C18H32N4O2/c1-5-15(16-13(2)21-22(4)14(16)3)20-17(23)19-12-18(24)10-8-6-7-9-11-18/h15,24H,5-12H2,1-4H3,(H2,19,20,23). The van der Waals surface area contributed by atoms with Gasteiger partial charge in [-0.2, -0.15) is 5.10 Å². The molecule has 1 fully saturated rings. The Kier molecular flexibility index (Phi) is 6.27. The van der Waals surface area contributed by atoms with Crippen molar-refractivity contribution in [1.82, 2.24) is 20.4 Å². The van der Waals surface area contributed by atoms with Crippen molar-refractivity contribution in [2.45, 2.75) is 77.4 Å². The van der Waals surface area contributed by atoms with E-state index in [1.54, 1.807) is 0 Å². The Hall–Kier alpha value is -1.56. The summed E-state index contributed by atoms with van der Waals surface area (Å²) in [4.78, 5) is 12.3. The molecule has 6 nitrogen and oxygen atoms in total. The van der Waals surface area contributed by atoms with Crippen molar-refractivity contribution in [3.8, 4) is 0 Å². The minimum Gasteiger partial charge on any atom is -0.388 e. The van der Waals surface area contributed by atoms with Gasteiger partial charge in [0.25, 0.3) is 0 Å². The average Bonchev–Trinajstić information content (AvgIpc) is 2.70. The summed E-state index contributed by atoms with van der Waals surface area (Å²) in [6.07, 6.45) is 6.75. The molecule has 1 saturated carbocycles. The fraction of sp³-hybridized carbons (Fsp3) is 0.778. The summed E-state index contributed by atoms with van der Waals surface area (Å²) in [6, 6.07) is -0.287. The van der Waals surface area contributed by atoms with Crippen molar-refractivity contribution < 1.29 is 9.90 Å². The Morgan fingerprint density at radius 3 is 2.42 bits per heavy atom. The summed E-state index contributed by atoms with van der Waals surface area (Å²) in [7, 11) is 1.92. The first kappa shape index (κ1) is 18.8. The predicted molar refractivity (Wildman–Crippen MR) is 94.9 cm³/mol. The molecule has 3 N–H and O–H groups in total. The van der Waals surface area contributed by atoms with E-state index in [9.17, 15) is 9.90 Å². The van der Waals surface area contributed by atoms with Crippen LogP contribution in [0.15, 0.2) is 0 Å². The highest BCUT2D eigenvalue weighted by Gasteiger charge is 2.29. The first-order valence-electron chi connectivity index (χ1n) is 9.13. The average molecular weight is 336 g/mol. The van der Waals surface area contributed by atoms with E-state index in [0.29, 0.717) is 6.54 Å². The van der Waals surface area contributed by atoms with E-state index in [1.165, 1.54) is 12.8 Å². The van der Waals surface area contributed by atoms with E-state index in [1.807, 2.05) is 25.6 Å². The van der Waals surface area contributed by atoms with Crippen LogP contribution in [-0.4, -0.2) is 33.1 Å². The molecular formula is C18H32N4O2. The SMILES string of the molecule is CCC(NC(=O)NCC1(O)CCCCCC1)c1c(C)nn(C)c1C. The maximum Gasteiger partial charge on any atom is 0.315 e. The lowest BCUT2D eigenvalue weighted by Gasteiger charge is -2.27. The summed E-state index contributed by atoms with van der Waals surface area (Å²) >= 11 is 0. The summed E-state index contributed by atoms with van der Waals surface area (Å²) in [6.45, 7) is 6.36. The first-order chi connectivity index (χ1) is 11.4. The molecule has 0 spiro atoms. The number of urea groups is 1. The van der Waals surface area contributed by atoms with Crippen molar-refractivity contribution in [1.29, 1.82) is 0 Å². The molecule has 1 aromatic heterocycles. The third-order valence-electron chi connectivity index (χ3n) is 5.24. The minimum absolute atomic E-state index is 0.0672. The smallest absolute Gasteiger partial charge is 0.315 e. The van der Waals surface area contributed by atoms with E-state index in [0.717, 1.165) is 49.1 Å². The number of hydrogen-bond acceptors (Lipinski definition) is 3. The van der Waals surface area contributed by atoms with Crippen molar-refractivity contribution in [3.63, 3.8) is 0 Å². The van der Waals surface area contributed by atoms with Crippen LogP contribution >= 0.6 is 0 Å². The summed E-state index contributed by atoms with van der Waals surface area (Å²) in [5.74, 6) is 0. The lowest BCUT2D eigenvalue weighted by molar-refractivity contribution is 0.0276. The van der Waals surface area contributed by atoms with Gasteiger partial charge in [0.2, 0.25) is 0 Å². The zero-order valence-electron chi connectivity index (χ0n) is 15.5. The number of aromatic nitrogens is 2. The number of amides is 2. The second-order valence-electron chi connectivity index (χ2n) is 7.13. The van der Waals surface area contributed by atoms with E-state index >= 15 is 0 Å². The molecule has 24 heavy (non-hydrogen) atoms. The number of hydrogen-bond donors (Lipinski definition) is 3. The Morgan fingerprint density at radius 2 is 1.92 bits per heavy atom. The largest absolute Gasteiger partial charge is 0.388 e. The van der Waals surface area contributed by atoms with Crippen molar-refractivity contribution in [2.24, 2.45) is 7.05 Å². The number of carbonyl (C=O) groups excluding carboxylic acids is 1. The number of nitrogens with zero attached hydrogens (tertiary/aromatic N) is 2. The van der Waals surface area contributed by atoms with Crippen LogP contribution in [0.1, 0.15) is 74.9 Å². The lowest BCUT2D eigenvalue weighted by Crippen LogP contribution is -2.47. The van der Waals surface area contributed by atoms with Crippen LogP contribution in [0.3, 0.4) is 0 Å². The molecule has 1 aliphatic rings. The van der Waals surface area contributed by atoms with Crippen molar-refractivity contribution >= 4 is 6.03 Å². The summed E-state index contributed by atoms with van der Waals surface area (Å²) in [5.41, 5.74) is 2.35. The Labute approximate surface area is 145 Å². The molecule has 136 valence electrons. The van der Waals surface area contributed by atoms with Crippen LogP contribution < -0.4 is 10.6 Å². The normalized spacial score (nSPS) is 18.7. The van der Waals surface area contributed by atoms with Crippen LogP contribution in [0.25, 0.3) is 0 Å². The van der Waals surface area contributed by atoms with Gasteiger partial charge < -0.3 is 15.7 Å². The Bertz CT molecular complexity index is 560. The number of carbonyl (C=O) groups is 1. The van der Waals surface area contributed by atoms with Crippen LogP contribution in [-0.2, 0) is 7.05 Å². The van der Waals surface area contributed by atoms with Gasteiger partial charge in [-0.25, -0.2) is 4.79 Å². The van der Waals surface area contributed by atoms with E-state index < -0.39 is 5.60 Å². The second kappa shape index (κ2) is 8.01. The van der Waals surface area contributed by atoms with Crippen molar-refractivity contribution in [3.05, 3.63) is 17.0 Å². The molecule has 2 rings (SSSR count). The molecule has 1 aliphatic carbocycles. The van der Waals surface area contributed by atoms with Gasteiger partial charge in [-0.3, -0.25) is 4.68 Å². The topological polar surface area (TPSA) is 79.2 Å². The highest BCUT2D eigenvalue weighted by Crippen LogP contribution is 2.26. The van der Waals surface area contributed by atoms with Crippen LogP contribution in [0.4, 0.5) is 4.79 Å². The van der Waals surface area contributed by atoms with Gasteiger partial charge in [-0.05, 0) is 33.1 Å². The Morgan fingerprint density at radius 1 is 1.29 bits per heavy atom. The highest BCUT2D eigenvalue weighted by molar-refractivity contribution is 5.74. The van der Waals surface area contributed by atoms with E-state index in [2.05, 4.69) is 22.7 Å². The fourth-order valence-electron chi connectivity index (χ4n) is 3.69. The lowest BCUT2D eigenvalue weighted by atomic mass is 9.94. The Balaban J connectivity index is 1.94. The van der Waals surface area contributed by atoms with Gasteiger partial charge in [-0.1, -0.05) is 32.6 Å². The molecular weight excluding hydrogens is 304 g/mol. The molecule has 0 radical (unpaired) electrons. The molecule has 6 heteroatoms. The molecule has 0 bridgehead atoms. The zero-order valence-corrected chi connectivity index (χ0v) is 15.5. The molecule has 0 aliphatic heterocycles. The first-order valence-corrected chi connectivity index (χ1v) is 9.13. The summed E-state index contributed by atoms with van der Waals surface area (Å²) in [5, 5.41) is 21.0. The maximum absolute atomic E-state index is 12.3. The van der Waals surface area contributed by atoms with Crippen LogP contribution in [0, 0.1) is 13.8 Å². The molecule has 1 atom stereocenters. The zero-order chi connectivity index (χ0) is 17.7.